The van der Waals surface area contributed by atoms with Crippen LogP contribution in [0.4, 0.5) is 0 Å². The zero-order valence-corrected chi connectivity index (χ0v) is 12.6. The van der Waals surface area contributed by atoms with Crippen molar-refractivity contribution in [2.24, 2.45) is 0 Å². The summed E-state index contributed by atoms with van der Waals surface area (Å²) in [5.74, 6) is 0. The normalized spacial score (nSPS) is 15.8. The molecule has 12 heavy (non-hydrogen) atoms. The molecule has 3 heteroatoms. The third-order valence-corrected chi connectivity index (χ3v) is 4.50. The molecule has 0 N–H and O–H groups in total. The summed E-state index contributed by atoms with van der Waals surface area (Å²) in [5.41, 5.74) is 0. The predicted octanol–water partition coefficient (Wildman–Crippen LogP) is -0.539. The molecule has 0 saturated carbocycles. The zero-order chi connectivity index (χ0) is 8.32. The Morgan fingerprint density at radius 1 is 1.58 bits per heavy atom. The first kappa shape index (κ1) is 13.3. The molecule has 0 amide bonds. The molecule has 0 fully saturated rings. The maximum absolute atomic E-state index is 5.70. The van der Waals surface area contributed by atoms with E-state index in [1.54, 1.807) is 0 Å². The largest absolute Gasteiger partial charge is 1.00 e. The van der Waals surface area contributed by atoms with Gasteiger partial charge in [-0.05, 0) is 20.0 Å². The van der Waals surface area contributed by atoms with E-state index in [4.69, 9.17) is 4.43 Å². The van der Waals surface area contributed by atoms with Crippen LogP contribution >= 0.6 is 0 Å². The van der Waals surface area contributed by atoms with Crippen molar-refractivity contribution in [2.45, 2.75) is 26.4 Å². The Kier molecular flexibility index (Phi) is 6.54. The standard InChI is InChI=1S/C9H15OSi.K/c1-4-10-11(2,3)9-7-5-6-8-9;/h5,7H,4,6H2,1-3H3;/q-1;+1. The summed E-state index contributed by atoms with van der Waals surface area (Å²) in [5, 5.41) is 1.32. The van der Waals surface area contributed by atoms with E-state index in [0.717, 1.165) is 13.0 Å². The quantitative estimate of drug-likeness (QED) is 0.445. The molecular weight excluding hydrogens is 191 g/mol. The number of rotatable bonds is 3. The molecule has 1 rings (SSSR count). The van der Waals surface area contributed by atoms with Crippen molar-refractivity contribution in [1.29, 1.82) is 0 Å². The van der Waals surface area contributed by atoms with Gasteiger partial charge in [-0.2, -0.15) is 6.08 Å². The molecule has 0 saturated heterocycles. The van der Waals surface area contributed by atoms with Gasteiger partial charge in [-0.3, -0.25) is 6.08 Å². The van der Waals surface area contributed by atoms with E-state index in [9.17, 15) is 0 Å². The second-order valence-electron chi connectivity index (χ2n) is 3.14. The van der Waals surface area contributed by atoms with Gasteiger partial charge in [0.15, 0.2) is 8.32 Å². The second kappa shape index (κ2) is 5.91. The second-order valence-corrected chi connectivity index (χ2v) is 6.99. The minimum atomic E-state index is -1.55. The van der Waals surface area contributed by atoms with Crippen molar-refractivity contribution < 1.29 is 55.8 Å². The average Bonchev–Trinajstić information content (AvgIpc) is 2.37. The molecule has 0 bridgehead atoms. The van der Waals surface area contributed by atoms with Gasteiger partial charge >= 0.3 is 51.4 Å². The molecule has 62 valence electrons. The van der Waals surface area contributed by atoms with Gasteiger partial charge in [-0.25, -0.2) is 11.3 Å². The fourth-order valence-corrected chi connectivity index (χ4v) is 3.18. The monoisotopic (exact) mass is 206 g/mol. The van der Waals surface area contributed by atoms with E-state index in [2.05, 4.69) is 31.3 Å². The number of hydrogen-bond donors (Lipinski definition) is 0. The Hall–Kier alpha value is 1.29. The summed E-state index contributed by atoms with van der Waals surface area (Å²) < 4.78 is 5.70. The van der Waals surface area contributed by atoms with Crippen LogP contribution in [0.15, 0.2) is 17.3 Å². The summed E-state index contributed by atoms with van der Waals surface area (Å²) >= 11 is 0. The third-order valence-electron chi connectivity index (χ3n) is 1.85. The van der Waals surface area contributed by atoms with Crippen LogP contribution in [0.3, 0.4) is 0 Å². The molecule has 0 radical (unpaired) electrons. The van der Waals surface area contributed by atoms with Gasteiger partial charge in [0.1, 0.15) is 0 Å². The van der Waals surface area contributed by atoms with Gasteiger partial charge in [-0.15, -0.1) is 6.42 Å². The Morgan fingerprint density at radius 2 is 2.25 bits per heavy atom. The van der Waals surface area contributed by atoms with Gasteiger partial charge < -0.3 is 4.43 Å². The van der Waals surface area contributed by atoms with E-state index in [1.165, 1.54) is 5.20 Å². The molecule has 0 atom stereocenters. The van der Waals surface area contributed by atoms with Crippen LogP contribution in [-0.4, -0.2) is 14.9 Å². The van der Waals surface area contributed by atoms with Crippen molar-refractivity contribution in [1.82, 2.24) is 0 Å². The summed E-state index contributed by atoms with van der Waals surface area (Å²) in [6.45, 7) is 7.30. The van der Waals surface area contributed by atoms with E-state index >= 15 is 0 Å². The van der Waals surface area contributed by atoms with Gasteiger partial charge in [0.2, 0.25) is 0 Å². The van der Waals surface area contributed by atoms with Crippen LogP contribution in [0.2, 0.25) is 13.1 Å². The van der Waals surface area contributed by atoms with E-state index in [0.29, 0.717) is 0 Å². The van der Waals surface area contributed by atoms with Gasteiger partial charge in [0, 0.05) is 6.61 Å². The summed E-state index contributed by atoms with van der Waals surface area (Å²) in [6, 6.07) is 0. The molecule has 1 aliphatic rings. The first-order chi connectivity index (χ1) is 5.17. The van der Waals surface area contributed by atoms with Gasteiger partial charge in [0.05, 0.1) is 0 Å². The molecule has 0 aliphatic heterocycles. The summed E-state index contributed by atoms with van der Waals surface area (Å²) in [7, 11) is -1.55. The van der Waals surface area contributed by atoms with E-state index in [-0.39, 0.29) is 51.4 Å². The maximum Gasteiger partial charge on any atom is 1.00 e. The minimum absolute atomic E-state index is 0. The van der Waals surface area contributed by atoms with Crippen molar-refractivity contribution in [3.05, 3.63) is 23.4 Å². The van der Waals surface area contributed by atoms with Crippen molar-refractivity contribution in [2.75, 3.05) is 6.61 Å². The third kappa shape index (κ3) is 3.58. The molecule has 1 aliphatic carbocycles. The molecular formula is C9H15KOSi. The average molecular weight is 206 g/mol. The van der Waals surface area contributed by atoms with Gasteiger partial charge in [-0.1, -0.05) is 0 Å². The molecule has 1 nitrogen and oxygen atoms in total. The smallest absolute Gasteiger partial charge is 0.416 e. The molecule has 0 heterocycles. The Balaban J connectivity index is 0.00000121. The van der Waals surface area contributed by atoms with Crippen LogP contribution in [0.25, 0.3) is 0 Å². The van der Waals surface area contributed by atoms with Crippen LogP contribution < -0.4 is 51.4 Å². The van der Waals surface area contributed by atoms with Crippen LogP contribution in [-0.2, 0) is 4.43 Å². The first-order valence-corrected chi connectivity index (χ1v) is 6.99. The van der Waals surface area contributed by atoms with Crippen LogP contribution in [0, 0.1) is 6.08 Å². The van der Waals surface area contributed by atoms with E-state index in [1.807, 2.05) is 6.92 Å². The molecule has 0 spiro atoms. The molecule has 0 unspecified atom stereocenters. The molecule has 0 aromatic rings. The molecule has 0 aromatic heterocycles. The van der Waals surface area contributed by atoms with Crippen molar-refractivity contribution in [3.8, 4) is 0 Å². The Labute approximate surface area is 119 Å². The Morgan fingerprint density at radius 3 is 2.67 bits per heavy atom. The zero-order valence-electron chi connectivity index (χ0n) is 8.48. The SMILES string of the molecule is CCO[Si](C)(C)C1=[C-]CC=C1.[K+]. The topological polar surface area (TPSA) is 9.23 Å². The molecule has 0 aromatic carbocycles. The van der Waals surface area contributed by atoms with E-state index < -0.39 is 8.32 Å². The number of allylic oxidation sites excluding steroid dienone is 4. The van der Waals surface area contributed by atoms with Gasteiger partial charge in [0.25, 0.3) is 0 Å². The van der Waals surface area contributed by atoms with Crippen LogP contribution in [0.5, 0.6) is 0 Å². The fraction of sp³-hybridized carbons (Fsp3) is 0.556. The number of hydrogen-bond acceptors (Lipinski definition) is 1. The minimum Gasteiger partial charge on any atom is -0.416 e. The maximum atomic E-state index is 5.70. The van der Waals surface area contributed by atoms with Crippen LogP contribution in [0.1, 0.15) is 13.3 Å². The Bertz CT molecular complexity index is 197. The fourth-order valence-electron chi connectivity index (χ4n) is 1.26. The first-order valence-electron chi connectivity index (χ1n) is 4.08. The van der Waals surface area contributed by atoms with Crippen molar-refractivity contribution >= 4 is 8.32 Å². The summed E-state index contributed by atoms with van der Waals surface area (Å²) in [4.78, 5) is 0. The summed E-state index contributed by atoms with van der Waals surface area (Å²) in [6.07, 6.45) is 8.59. The van der Waals surface area contributed by atoms with Crippen molar-refractivity contribution in [3.63, 3.8) is 0 Å². The predicted molar refractivity (Wildman–Crippen MR) is 49.6 cm³/mol.